The van der Waals surface area contributed by atoms with Gasteiger partial charge in [0.15, 0.2) is 0 Å². The molecule has 2 atom stereocenters. The van der Waals surface area contributed by atoms with Gasteiger partial charge in [-0.25, -0.2) is 0 Å². The van der Waals surface area contributed by atoms with Crippen LogP contribution in [0, 0.1) is 5.92 Å². The highest BCUT2D eigenvalue weighted by Gasteiger charge is 2.37. The fourth-order valence-corrected chi connectivity index (χ4v) is 2.79. The number of nitrogens with zero attached hydrogens (tertiary/aromatic N) is 1. The Morgan fingerprint density at radius 1 is 1.43 bits per heavy atom. The molecule has 1 rings (SSSR count). The number of likely N-dealkylation sites (tertiary alicyclic amines) is 1. The Morgan fingerprint density at radius 2 is 2.07 bits per heavy atom. The van der Waals surface area contributed by atoms with Gasteiger partial charge >= 0.3 is 0 Å². The van der Waals surface area contributed by atoms with Crippen LogP contribution in [-0.2, 0) is 0 Å². The van der Waals surface area contributed by atoms with Gasteiger partial charge in [0.1, 0.15) is 0 Å². The largest absolute Gasteiger partial charge is 0.295 e. The van der Waals surface area contributed by atoms with Gasteiger partial charge in [0.2, 0.25) is 0 Å². The van der Waals surface area contributed by atoms with Crippen LogP contribution in [0.1, 0.15) is 47.0 Å². The monoisotopic (exact) mass is 195 g/mol. The van der Waals surface area contributed by atoms with Gasteiger partial charge in [-0.15, -0.1) is 6.58 Å². The fraction of sp³-hybridized carbons (Fsp3) is 0.846. The molecule has 0 aromatic heterocycles. The van der Waals surface area contributed by atoms with Crippen LogP contribution in [0.2, 0.25) is 0 Å². The van der Waals surface area contributed by atoms with Crippen molar-refractivity contribution in [3.63, 3.8) is 0 Å². The molecule has 2 unspecified atom stereocenters. The molecule has 1 fully saturated rings. The lowest BCUT2D eigenvalue weighted by molar-refractivity contribution is 0.105. The molecule has 0 aromatic rings. The molecule has 0 aromatic carbocycles. The first kappa shape index (κ1) is 11.8. The van der Waals surface area contributed by atoms with E-state index in [2.05, 4.69) is 45.2 Å². The van der Waals surface area contributed by atoms with Gasteiger partial charge in [-0.2, -0.15) is 0 Å². The quantitative estimate of drug-likeness (QED) is 0.623. The third-order valence-electron chi connectivity index (χ3n) is 3.43. The molecule has 1 aliphatic rings. The second-order valence-electron chi connectivity index (χ2n) is 5.41. The van der Waals surface area contributed by atoms with Crippen molar-refractivity contribution in [2.45, 2.75) is 58.5 Å². The highest BCUT2D eigenvalue weighted by atomic mass is 15.2. The topological polar surface area (TPSA) is 3.24 Å². The molecule has 14 heavy (non-hydrogen) atoms. The molecule has 0 bridgehead atoms. The molecule has 0 amide bonds. The van der Waals surface area contributed by atoms with Gasteiger partial charge in [0, 0.05) is 11.6 Å². The maximum atomic E-state index is 3.86. The summed E-state index contributed by atoms with van der Waals surface area (Å²) in [5, 5.41) is 0. The fourth-order valence-electron chi connectivity index (χ4n) is 2.79. The van der Waals surface area contributed by atoms with Crippen molar-refractivity contribution in [1.29, 1.82) is 0 Å². The molecule has 1 nitrogen and oxygen atoms in total. The van der Waals surface area contributed by atoms with Crippen LogP contribution in [0.4, 0.5) is 0 Å². The molecule has 0 saturated carbocycles. The van der Waals surface area contributed by atoms with Crippen molar-refractivity contribution in [2.75, 3.05) is 6.54 Å². The first-order chi connectivity index (χ1) is 6.50. The van der Waals surface area contributed by atoms with Crippen molar-refractivity contribution in [2.24, 2.45) is 5.92 Å². The van der Waals surface area contributed by atoms with Gasteiger partial charge in [-0.3, -0.25) is 4.90 Å². The van der Waals surface area contributed by atoms with Crippen LogP contribution in [0.3, 0.4) is 0 Å². The Labute approximate surface area is 89.2 Å². The highest BCUT2D eigenvalue weighted by molar-refractivity contribution is 4.94. The van der Waals surface area contributed by atoms with Crippen molar-refractivity contribution in [1.82, 2.24) is 4.90 Å². The summed E-state index contributed by atoms with van der Waals surface area (Å²) in [6.07, 6.45) is 5.89. The molecular weight excluding hydrogens is 170 g/mol. The lowest BCUT2D eigenvalue weighted by Crippen LogP contribution is -2.45. The molecule has 0 aliphatic carbocycles. The van der Waals surface area contributed by atoms with E-state index in [1.165, 1.54) is 25.8 Å². The van der Waals surface area contributed by atoms with Crippen molar-refractivity contribution < 1.29 is 0 Å². The van der Waals surface area contributed by atoms with Gasteiger partial charge in [-0.05, 0) is 52.5 Å². The summed E-state index contributed by atoms with van der Waals surface area (Å²) < 4.78 is 0. The Bertz CT molecular complexity index is 190. The Hall–Kier alpha value is -0.300. The van der Waals surface area contributed by atoms with Crippen LogP contribution >= 0.6 is 0 Å². The average Bonchev–Trinajstić information content (AvgIpc) is 2.47. The lowest BCUT2D eigenvalue weighted by atomic mass is 9.93. The number of hydrogen-bond acceptors (Lipinski definition) is 1. The molecule has 1 saturated heterocycles. The Morgan fingerprint density at radius 3 is 2.50 bits per heavy atom. The van der Waals surface area contributed by atoms with Crippen LogP contribution in [0.15, 0.2) is 12.7 Å². The summed E-state index contributed by atoms with van der Waals surface area (Å²) in [5.41, 5.74) is 0.330. The third-order valence-corrected chi connectivity index (χ3v) is 3.43. The minimum atomic E-state index is 0.330. The van der Waals surface area contributed by atoms with E-state index in [-0.39, 0.29) is 0 Å². The Balaban J connectivity index is 2.68. The van der Waals surface area contributed by atoms with E-state index >= 15 is 0 Å². The Kier molecular flexibility index (Phi) is 3.77. The van der Waals surface area contributed by atoms with Crippen LogP contribution in [0.5, 0.6) is 0 Å². The predicted octanol–water partition coefficient (Wildman–Crippen LogP) is 3.46. The van der Waals surface area contributed by atoms with Crippen molar-refractivity contribution in [3.8, 4) is 0 Å². The summed E-state index contributed by atoms with van der Waals surface area (Å²) in [5.74, 6) is 0.844. The lowest BCUT2D eigenvalue weighted by Gasteiger charge is -2.38. The minimum Gasteiger partial charge on any atom is -0.295 e. The van der Waals surface area contributed by atoms with E-state index in [1.807, 2.05) is 0 Å². The van der Waals surface area contributed by atoms with E-state index in [1.54, 1.807) is 0 Å². The number of allylic oxidation sites excluding steroid dienone is 1. The summed E-state index contributed by atoms with van der Waals surface area (Å²) in [6.45, 7) is 14.4. The average molecular weight is 195 g/mol. The maximum absolute atomic E-state index is 3.86. The van der Waals surface area contributed by atoms with Crippen LogP contribution in [-0.4, -0.2) is 23.0 Å². The molecule has 1 aliphatic heterocycles. The molecule has 82 valence electrons. The third kappa shape index (κ3) is 2.38. The van der Waals surface area contributed by atoms with Gasteiger partial charge in [-0.1, -0.05) is 13.0 Å². The zero-order valence-corrected chi connectivity index (χ0v) is 10.2. The number of hydrogen-bond donors (Lipinski definition) is 0. The zero-order valence-electron chi connectivity index (χ0n) is 10.2. The second kappa shape index (κ2) is 4.48. The second-order valence-corrected chi connectivity index (χ2v) is 5.41. The normalized spacial score (nSPS) is 29.4. The summed E-state index contributed by atoms with van der Waals surface area (Å²) in [4.78, 5) is 2.67. The summed E-state index contributed by atoms with van der Waals surface area (Å²) in [6, 6.07) is 0.771. The number of rotatable bonds is 3. The van der Waals surface area contributed by atoms with Crippen LogP contribution in [0.25, 0.3) is 0 Å². The first-order valence-electron chi connectivity index (χ1n) is 5.88. The SMILES string of the molecule is C=CCC1CCN(C(C)(C)C)C1CC. The molecule has 1 heteroatoms. The van der Waals surface area contributed by atoms with Crippen LogP contribution < -0.4 is 0 Å². The molecule has 0 N–H and O–H groups in total. The van der Waals surface area contributed by atoms with Gasteiger partial charge < -0.3 is 0 Å². The first-order valence-corrected chi connectivity index (χ1v) is 5.88. The maximum Gasteiger partial charge on any atom is 0.0129 e. The molecule has 0 radical (unpaired) electrons. The smallest absolute Gasteiger partial charge is 0.0129 e. The van der Waals surface area contributed by atoms with E-state index in [9.17, 15) is 0 Å². The van der Waals surface area contributed by atoms with Gasteiger partial charge in [0.05, 0.1) is 0 Å². The summed E-state index contributed by atoms with van der Waals surface area (Å²) in [7, 11) is 0. The van der Waals surface area contributed by atoms with E-state index in [0.29, 0.717) is 5.54 Å². The standard InChI is InChI=1S/C13H25N/c1-6-8-11-9-10-14(12(11)7-2)13(3,4)5/h6,11-12H,1,7-10H2,2-5H3. The molecular formula is C13H25N. The van der Waals surface area contributed by atoms with Gasteiger partial charge in [0.25, 0.3) is 0 Å². The molecule has 1 heterocycles. The highest BCUT2D eigenvalue weighted by Crippen LogP contribution is 2.34. The minimum absolute atomic E-state index is 0.330. The zero-order chi connectivity index (χ0) is 10.8. The van der Waals surface area contributed by atoms with E-state index < -0.39 is 0 Å². The predicted molar refractivity (Wildman–Crippen MR) is 63.5 cm³/mol. The van der Waals surface area contributed by atoms with Crippen molar-refractivity contribution in [3.05, 3.63) is 12.7 Å². The van der Waals surface area contributed by atoms with E-state index in [0.717, 1.165) is 12.0 Å². The molecule has 0 spiro atoms. The summed E-state index contributed by atoms with van der Waals surface area (Å²) >= 11 is 0. The van der Waals surface area contributed by atoms with E-state index in [4.69, 9.17) is 0 Å². The van der Waals surface area contributed by atoms with Crippen molar-refractivity contribution >= 4 is 0 Å².